The number of hydrogen-bond acceptors (Lipinski definition) is 7. The molecule has 0 fully saturated rings. The molecule has 7 aromatic carbocycles. The van der Waals surface area contributed by atoms with Crippen LogP contribution in [0, 0.1) is 0 Å². The summed E-state index contributed by atoms with van der Waals surface area (Å²) >= 11 is 1.77. The molecule has 0 unspecified atom stereocenters. The summed E-state index contributed by atoms with van der Waals surface area (Å²) < 4.78 is 15.3. The Morgan fingerprint density at radius 3 is 1.79 bits per heavy atom. The molecule has 0 saturated heterocycles. The first-order valence-electron chi connectivity index (χ1n) is 17.4. The zero-order valence-electron chi connectivity index (χ0n) is 28.0. The molecule has 0 aliphatic heterocycles. The van der Waals surface area contributed by atoms with Gasteiger partial charge >= 0.3 is 0 Å². The van der Waals surface area contributed by atoms with Crippen molar-refractivity contribution in [1.29, 1.82) is 0 Å². The van der Waals surface area contributed by atoms with E-state index >= 15 is 0 Å². The van der Waals surface area contributed by atoms with Gasteiger partial charge in [0, 0.05) is 58.8 Å². The van der Waals surface area contributed by atoms with Gasteiger partial charge in [-0.05, 0) is 42.0 Å². The average Bonchev–Trinajstić information content (AvgIpc) is 3.94. The molecule has 4 heterocycles. The number of oxazole rings is 1. The Morgan fingerprint density at radius 1 is 0.415 bits per heavy atom. The zero-order chi connectivity index (χ0) is 34.9. The maximum atomic E-state index is 6.78. The summed E-state index contributed by atoms with van der Waals surface area (Å²) in [5.74, 6) is 2.43. The van der Waals surface area contributed by atoms with Crippen molar-refractivity contribution in [2.24, 2.45) is 0 Å². The first kappa shape index (κ1) is 29.7. The lowest BCUT2D eigenvalue weighted by Crippen LogP contribution is -2.00. The van der Waals surface area contributed by atoms with Crippen LogP contribution in [-0.2, 0) is 0 Å². The summed E-state index contributed by atoms with van der Waals surface area (Å²) in [4.78, 5) is 20.1. The van der Waals surface area contributed by atoms with E-state index in [9.17, 15) is 0 Å². The van der Waals surface area contributed by atoms with E-state index in [1.807, 2.05) is 91.0 Å². The monoisotopic (exact) mass is 698 g/mol. The highest BCUT2D eigenvalue weighted by molar-refractivity contribution is 7.26. The van der Waals surface area contributed by atoms with E-state index in [0.717, 1.165) is 81.9 Å². The SMILES string of the molecule is c1ccc(-c2nc(-c3ccccc3)nc(-c3cccc(-c4cc5nc(-c6cccc7oc8ccccc8c67)oc5c5c4sc4ccccc45)c3)n2)cc1. The third-order valence-corrected chi connectivity index (χ3v) is 11.0. The molecule has 0 N–H and O–H groups in total. The van der Waals surface area contributed by atoms with Crippen LogP contribution >= 0.6 is 11.3 Å². The number of benzene rings is 7. The van der Waals surface area contributed by atoms with Crippen LogP contribution in [0.25, 0.3) is 110 Å². The van der Waals surface area contributed by atoms with Gasteiger partial charge in [0.1, 0.15) is 16.7 Å². The predicted molar refractivity (Wildman–Crippen MR) is 215 cm³/mol. The Bertz CT molecular complexity index is 3120. The molecule has 6 nitrogen and oxygen atoms in total. The zero-order valence-corrected chi connectivity index (χ0v) is 28.8. The summed E-state index contributed by atoms with van der Waals surface area (Å²) in [7, 11) is 0. The fourth-order valence-corrected chi connectivity index (χ4v) is 8.56. The van der Waals surface area contributed by atoms with Crippen molar-refractivity contribution in [2.75, 3.05) is 0 Å². The second kappa shape index (κ2) is 11.8. The highest BCUT2D eigenvalue weighted by Crippen LogP contribution is 2.46. The second-order valence-corrected chi connectivity index (χ2v) is 14.0. The normalized spacial score (nSPS) is 11.8. The topological polar surface area (TPSA) is 77.8 Å². The lowest BCUT2D eigenvalue weighted by molar-refractivity contribution is 0.623. The van der Waals surface area contributed by atoms with Gasteiger partial charge in [-0.25, -0.2) is 19.9 Å². The molecule has 248 valence electrons. The lowest BCUT2D eigenvalue weighted by Gasteiger charge is -2.10. The standard InChI is InChI=1S/C46H26N4O2S/c1-3-13-27(14-4-1)43-48-44(28-15-5-2-6-16-28)50-45(49-43)30-18-11-17-29(25-30)34-26-35-41(40-32-20-8-10-24-38(32)53-42(34)40)52-46(47-35)33-21-12-23-37-39(33)31-19-7-9-22-36(31)51-37/h1-26H. The minimum atomic E-state index is 0.562. The minimum absolute atomic E-state index is 0.562. The van der Waals surface area contributed by atoms with Gasteiger partial charge in [0.25, 0.3) is 0 Å². The highest BCUT2D eigenvalue weighted by Gasteiger charge is 2.22. The van der Waals surface area contributed by atoms with Gasteiger partial charge in [-0.1, -0.05) is 121 Å². The second-order valence-electron chi connectivity index (χ2n) is 13.0. The van der Waals surface area contributed by atoms with Crippen molar-refractivity contribution in [2.45, 2.75) is 0 Å². The fraction of sp³-hybridized carbons (Fsp3) is 0. The van der Waals surface area contributed by atoms with E-state index in [2.05, 4.69) is 66.7 Å². The molecule has 0 amide bonds. The molecule has 0 saturated carbocycles. The Morgan fingerprint density at radius 2 is 1.02 bits per heavy atom. The molecular formula is C46H26N4O2S. The number of para-hydroxylation sites is 1. The first-order chi connectivity index (χ1) is 26.2. The van der Waals surface area contributed by atoms with Crippen molar-refractivity contribution >= 4 is 64.5 Å². The fourth-order valence-electron chi connectivity index (χ4n) is 7.32. The molecule has 7 heteroatoms. The predicted octanol–water partition coefficient (Wildman–Crippen LogP) is 12.6. The number of rotatable bonds is 5. The van der Waals surface area contributed by atoms with Gasteiger partial charge < -0.3 is 8.83 Å². The van der Waals surface area contributed by atoms with Gasteiger partial charge in [-0.3, -0.25) is 0 Å². The van der Waals surface area contributed by atoms with E-state index in [0.29, 0.717) is 23.4 Å². The molecule has 0 spiro atoms. The average molecular weight is 699 g/mol. The van der Waals surface area contributed by atoms with Crippen LogP contribution in [-0.4, -0.2) is 19.9 Å². The summed E-state index contributed by atoms with van der Waals surface area (Å²) in [5.41, 5.74) is 8.98. The number of nitrogens with zero attached hydrogens (tertiary/aromatic N) is 4. The largest absolute Gasteiger partial charge is 0.456 e. The van der Waals surface area contributed by atoms with Crippen LogP contribution < -0.4 is 0 Å². The maximum Gasteiger partial charge on any atom is 0.228 e. The number of fused-ring (bicyclic) bond motifs is 8. The Kier molecular flexibility index (Phi) is 6.62. The smallest absolute Gasteiger partial charge is 0.228 e. The van der Waals surface area contributed by atoms with Crippen LogP contribution in [0.5, 0.6) is 0 Å². The van der Waals surface area contributed by atoms with Crippen molar-refractivity contribution in [3.63, 3.8) is 0 Å². The minimum Gasteiger partial charge on any atom is -0.456 e. The number of aromatic nitrogens is 4. The summed E-state index contributed by atoms with van der Waals surface area (Å²) in [6.07, 6.45) is 0. The van der Waals surface area contributed by atoms with E-state index in [-0.39, 0.29) is 0 Å². The summed E-state index contributed by atoms with van der Waals surface area (Å²) in [6.45, 7) is 0. The number of hydrogen-bond donors (Lipinski definition) is 0. The number of thiophene rings is 1. The van der Waals surface area contributed by atoms with Crippen LogP contribution in [0.15, 0.2) is 167 Å². The van der Waals surface area contributed by atoms with Crippen LogP contribution in [0.3, 0.4) is 0 Å². The number of furan rings is 1. The van der Waals surface area contributed by atoms with E-state index in [1.165, 1.54) is 4.70 Å². The van der Waals surface area contributed by atoms with Crippen LogP contribution in [0.2, 0.25) is 0 Å². The Labute approximate surface area is 306 Å². The van der Waals surface area contributed by atoms with Gasteiger partial charge in [0.2, 0.25) is 5.89 Å². The molecule has 0 bridgehead atoms. The van der Waals surface area contributed by atoms with Crippen molar-refractivity contribution in [3.8, 4) is 56.7 Å². The van der Waals surface area contributed by atoms with Crippen LogP contribution in [0.4, 0.5) is 0 Å². The molecule has 11 aromatic rings. The summed E-state index contributed by atoms with van der Waals surface area (Å²) in [5, 5.41) is 4.23. The Balaban J connectivity index is 1.12. The van der Waals surface area contributed by atoms with Crippen molar-refractivity contribution in [3.05, 3.63) is 158 Å². The highest BCUT2D eigenvalue weighted by atomic mass is 32.1. The van der Waals surface area contributed by atoms with Crippen molar-refractivity contribution < 1.29 is 8.83 Å². The van der Waals surface area contributed by atoms with E-state index in [1.54, 1.807) is 11.3 Å². The molecule has 4 aromatic heterocycles. The third-order valence-electron chi connectivity index (χ3n) is 9.77. The van der Waals surface area contributed by atoms with E-state index < -0.39 is 0 Å². The molecule has 11 rings (SSSR count). The lowest BCUT2D eigenvalue weighted by atomic mass is 9.99. The quantitative estimate of drug-likeness (QED) is 0.178. The van der Waals surface area contributed by atoms with E-state index in [4.69, 9.17) is 28.8 Å². The maximum absolute atomic E-state index is 6.78. The van der Waals surface area contributed by atoms with Crippen LogP contribution in [0.1, 0.15) is 0 Å². The molecule has 0 aliphatic rings. The molecule has 0 radical (unpaired) electrons. The third kappa shape index (κ3) is 4.86. The van der Waals surface area contributed by atoms with Gasteiger partial charge in [0.15, 0.2) is 23.1 Å². The molecule has 0 aliphatic carbocycles. The molecular weight excluding hydrogens is 673 g/mol. The van der Waals surface area contributed by atoms with Gasteiger partial charge in [0.05, 0.1) is 0 Å². The summed E-state index contributed by atoms with van der Waals surface area (Å²) in [6, 6.07) is 53.4. The van der Waals surface area contributed by atoms with Gasteiger partial charge in [-0.15, -0.1) is 11.3 Å². The Hall–Kier alpha value is -6.96. The molecule has 53 heavy (non-hydrogen) atoms. The molecule has 0 atom stereocenters. The van der Waals surface area contributed by atoms with Crippen molar-refractivity contribution in [1.82, 2.24) is 19.9 Å². The first-order valence-corrected chi connectivity index (χ1v) is 18.2. The van der Waals surface area contributed by atoms with Gasteiger partial charge in [-0.2, -0.15) is 0 Å².